The molecule has 17 heavy (non-hydrogen) atoms. The molecule has 3 aromatic rings. The fourth-order valence-electron chi connectivity index (χ4n) is 1.85. The van der Waals surface area contributed by atoms with Crippen molar-refractivity contribution >= 4 is 28.2 Å². The monoisotopic (exact) mass is 243 g/mol. The van der Waals surface area contributed by atoms with Gasteiger partial charge in [-0.25, -0.2) is 0 Å². The van der Waals surface area contributed by atoms with E-state index in [1.807, 2.05) is 30.3 Å². The summed E-state index contributed by atoms with van der Waals surface area (Å²) in [6.07, 6.45) is 1.69. The van der Waals surface area contributed by atoms with Gasteiger partial charge in [-0.1, -0.05) is 17.7 Å². The third-order valence-electron chi connectivity index (χ3n) is 2.67. The Morgan fingerprint density at radius 2 is 2.06 bits per heavy atom. The minimum Gasteiger partial charge on any atom is -0.399 e. The van der Waals surface area contributed by atoms with Gasteiger partial charge in [0.2, 0.25) is 0 Å². The number of nitrogens with one attached hydrogen (secondary N) is 1. The number of rotatable bonds is 1. The molecule has 0 unspecified atom stereocenters. The number of halogens is 1. The molecule has 3 rings (SSSR count). The summed E-state index contributed by atoms with van der Waals surface area (Å²) in [5.41, 5.74) is 9.17. The van der Waals surface area contributed by atoms with Crippen molar-refractivity contribution in [1.29, 1.82) is 0 Å². The minimum absolute atomic E-state index is 0.694. The predicted molar refractivity (Wildman–Crippen MR) is 71.0 cm³/mol. The molecule has 0 saturated heterocycles. The van der Waals surface area contributed by atoms with Crippen molar-refractivity contribution in [3.8, 4) is 11.4 Å². The maximum Gasteiger partial charge on any atom is 0.0885 e. The van der Waals surface area contributed by atoms with Gasteiger partial charge >= 0.3 is 0 Å². The number of H-pyrrole nitrogens is 1. The second-order valence-electron chi connectivity index (χ2n) is 3.86. The van der Waals surface area contributed by atoms with E-state index in [0.29, 0.717) is 5.69 Å². The Kier molecular flexibility index (Phi) is 2.27. The first kappa shape index (κ1) is 10.2. The van der Waals surface area contributed by atoms with Gasteiger partial charge in [-0.15, -0.1) is 0 Å². The first-order valence-electron chi connectivity index (χ1n) is 5.23. The number of anilines is 1. The van der Waals surface area contributed by atoms with Crippen molar-refractivity contribution in [1.82, 2.24) is 9.97 Å². The molecule has 0 spiro atoms. The van der Waals surface area contributed by atoms with Crippen LogP contribution in [0.25, 0.3) is 22.3 Å². The highest BCUT2D eigenvalue weighted by molar-refractivity contribution is 6.35. The molecule has 4 heteroatoms. The van der Waals surface area contributed by atoms with Crippen LogP contribution in [0.4, 0.5) is 5.69 Å². The van der Waals surface area contributed by atoms with Crippen molar-refractivity contribution in [2.45, 2.75) is 0 Å². The number of aromatic amines is 1. The molecule has 0 amide bonds. The summed E-state index contributed by atoms with van der Waals surface area (Å²) >= 11 is 6.12. The van der Waals surface area contributed by atoms with E-state index in [0.717, 1.165) is 27.3 Å². The predicted octanol–water partition coefficient (Wildman–Crippen LogP) is 3.47. The van der Waals surface area contributed by atoms with Crippen LogP contribution in [0.15, 0.2) is 42.6 Å². The first-order chi connectivity index (χ1) is 8.24. The van der Waals surface area contributed by atoms with Gasteiger partial charge in [-0.3, -0.25) is 4.98 Å². The number of fused-ring (bicyclic) bond motifs is 1. The molecular weight excluding hydrogens is 234 g/mol. The van der Waals surface area contributed by atoms with Gasteiger partial charge < -0.3 is 10.7 Å². The van der Waals surface area contributed by atoms with E-state index < -0.39 is 0 Å². The topological polar surface area (TPSA) is 54.7 Å². The average molecular weight is 244 g/mol. The molecule has 0 aliphatic carbocycles. The van der Waals surface area contributed by atoms with E-state index in [-0.39, 0.29) is 0 Å². The molecule has 0 fully saturated rings. The van der Waals surface area contributed by atoms with Crippen LogP contribution in [-0.2, 0) is 0 Å². The average Bonchev–Trinajstić information content (AvgIpc) is 2.74. The van der Waals surface area contributed by atoms with Crippen molar-refractivity contribution in [2.24, 2.45) is 0 Å². The normalized spacial score (nSPS) is 10.9. The number of nitrogens with zero attached hydrogens (tertiary/aromatic N) is 1. The summed E-state index contributed by atoms with van der Waals surface area (Å²) < 4.78 is 0. The molecule has 0 radical (unpaired) electrons. The van der Waals surface area contributed by atoms with E-state index >= 15 is 0 Å². The van der Waals surface area contributed by atoms with Gasteiger partial charge in [0.05, 0.1) is 11.4 Å². The Labute approximate surface area is 103 Å². The number of pyridine rings is 1. The van der Waals surface area contributed by atoms with Gasteiger partial charge in [-0.05, 0) is 30.3 Å². The van der Waals surface area contributed by atoms with E-state index in [9.17, 15) is 0 Å². The molecule has 0 aliphatic rings. The molecule has 2 heterocycles. The second-order valence-corrected chi connectivity index (χ2v) is 4.27. The van der Waals surface area contributed by atoms with E-state index in [2.05, 4.69) is 9.97 Å². The number of nitrogen functional groups attached to an aromatic ring is 1. The highest BCUT2D eigenvalue weighted by atomic mass is 35.5. The van der Waals surface area contributed by atoms with Gasteiger partial charge in [0.15, 0.2) is 0 Å². The summed E-state index contributed by atoms with van der Waals surface area (Å²) in [4.78, 5) is 7.56. The van der Waals surface area contributed by atoms with Crippen LogP contribution in [0, 0.1) is 0 Å². The molecule has 0 bridgehead atoms. The molecule has 3 N–H and O–H groups in total. The maximum absolute atomic E-state index is 6.12. The highest BCUT2D eigenvalue weighted by Gasteiger charge is 2.06. The molecule has 0 atom stereocenters. The van der Waals surface area contributed by atoms with Crippen molar-refractivity contribution in [3.63, 3.8) is 0 Å². The van der Waals surface area contributed by atoms with Crippen LogP contribution >= 0.6 is 11.6 Å². The minimum atomic E-state index is 0.694. The van der Waals surface area contributed by atoms with E-state index in [4.69, 9.17) is 17.3 Å². The number of benzene rings is 1. The Hall–Kier alpha value is -2.00. The fraction of sp³-hybridized carbons (Fsp3) is 0. The molecule has 2 aromatic heterocycles. The summed E-state index contributed by atoms with van der Waals surface area (Å²) in [5.74, 6) is 0. The fourth-order valence-corrected chi connectivity index (χ4v) is 2.08. The smallest absolute Gasteiger partial charge is 0.0885 e. The lowest BCUT2D eigenvalue weighted by Gasteiger charge is -1.97. The van der Waals surface area contributed by atoms with E-state index in [1.54, 1.807) is 12.3 Å². The standard InChI is InChI=1S/C13H10ClN3/c14-10-2-1-3-11-9(10)7-13(17-11)12-6-8(15)4-5-16-12/h1-7,17H,(H2,15,16). The SMILES string of the molecule is Nc1ccnc(-c2cc3c(Cl)cccc3[nH]2)c1. The lowest BCUT2D eigenvalue weighted by Crippen LogP contribution is -1.88. The lowest BCUT2D eigenvalue weighted by atomic mass is 10.2. The molecule has 0 aliphatic heterocycles. The second kappa shape index (κ2) is 3.79. The highest BCUT2D eigenvalue weighted by Crippen LogP contribution is 2.28. The number of hydrogen-bond acceptors (Lipinski definition) is 2. The van der Waals surface area contributed by atoms with Gasteiger partial charge in [0.1, 0.15) is 0 Å². The molecule has 1 aromatic carbocycles. The third-order valence-corrected chi connectivity index (χ3v) is 3.00. The number of aromatic nitrogens is 2. The first-order valence-corrected chi connectivity index (χ1v) is 5.61. The summed E-state index contributed by atoms with van der Waals surface area (Å²) in [7, 11) is 0. The summed E-state index contributed by atoms with van der Waals surface area (Å²) in [5, 5.41) is 1.72. The molecule has 84 valence electrons. The zero-order valence-electron chi connectivity index (χ0n) is 8.94. The third kappa shape index (κ3) is 1.74. The zero-order chi connectivity index (χ0) is 11.8. The van der Waals surface area contributed by atoms with Gasteiger partial charge in [-0.2, -0.15) is 0 Å². The maximum atomic E-state index is 6.12. The van der Waals surface area contributed by atoms with E-state index in [1.165, 1.54) is 0 Å². The molecule has 0 saturated carbocycles. The lowest BCUT2D eigenvalue weighted by molar-refractivity contribution is 1.29. The number of hydrogen-bond donors (Lipinski definition) is 2. The zero-order valence-corrected chi connectivity index (χ0v) is 9.70. The van der Waals surface area contributed by atoms with Gasteiger partial charge in [0, 0.05) is 27.8 Å². The van der Waals surface area contributed by atoms with Crippen LogP contribution in [-0.4, -0.2) is 9.97 Å². The molecule has 3 nitrogen and oxygen atoms in total. The van der Waals surface area contributed by atoms with Gasteiger partial charge in [0.25, 0.3) is 0 Å². The Balaban J connectivity index is 2.22. The van der Waals surface area contributed by atoms with Crippen LogP contribution in [0.3, 0.4) is 0 Å². The van der Waals surface area contributed by atoms with Crippen LogP contribution in [0.2, 0.25) is 5.02 Å². The van der Waals surface area contributed by atoms with Crippen molar-refractivity contribution in [3.05, 3.63) is 47.6 Å². The van der Waals surface area contributed by atoms with Crippen LogP contribution in [0.1, 0.15) is 0 Å². The quantitative estimate of drug-likeness (QED) is 0.688. The molecular formula is C13H10ClN3. The largest absolute Gasteiger partial charge is 0.399 e. The Morgan fingerprint density at radius 3 is 2.82 bits per heavy atom. The Morgan fingerprint density at radius 1 is 1.18 bits per heavy atom. The number of nitrogens with two attached hydrogens (primary N) is 1. The summed E-state index contributed by atoms with van der Waals surface area (Å²) in [6, 6.07) is 11.3. The van der Waals surface area contributed by atoms with Crippen molar-refractivity contribution < 1.29 is 0 Å². The summed E-state index contributed by atoms with van der Waals surface area (Å²) in [6.45, 7) is 0. The Bertz CT molecular complexity index is 688. The van der Waals surface area contributed by atoms with Crippen LogP contribution < -0.4 is 5.73 Å². The van der Waals surface area contributed by atoms with Crippen molar-refractivity contribution in [2.75, 3.05) is 5.73 Å². The van der Waals surface area contributed by atoms with Crippen LogP contribution in [0.5, 0.6) is 0 Å².